The molecular weight excluding hydrogens is 331 g/mol. The van der Waals surface area contributed by atoms with Crippen molar-refractivity contribution < 1.29 is 9.18 Å². The van der Waals surface area contributed by atoms with Crippen molar-refractivity contribution in [2.24, 2.45) is 0 Å². The standard InChI is InChI=1S/C20H19FN4O/c1-13(2)14-7-9-15(10-8-14)22-20(26)18-11-12-19(25-24-18)23-17-6-4-3-5-16(17)21/h3-13H,1-2H3,(H,22,26)(H,23,25). The van der Waals surface area contributed by atoms with Crippen LogP contribution in [0.15, 0.2) is 60.7 Å². The van der Waals surface area contributed by atoms with E-state index in [1.165, 1.54) is 17.7 Å². The normalized spacial score (nSPS) is 10.6. The lowest BCUT2D eigenvalue weighted by Crippen LogP contribution is -2.14. The Morgan fingerprint density at radius 2 is 1.69 bits per heavy atom. The number of nitrogens with zero attached hydrogens (tertiary/aromatic N) is 2. The highest BCUT2D eigenvalue weighted by molar-refractivity contribution is 6.02. The minimum atomic E-state index is -0.388. The first-order chi connectivity index (χ1) is 12.5. The number of carbonyl (C=O) groups is 1. The van der Waals surface area contributed by atoms with Gasteiger partial charge in [0, 0.05) is 5.69 Å². The second kappa shape index (κ2) is 7.74. The molecule has 0 saturated heterocycles. The number of amides is 1. The van der Waals surface area contributed by atoms with Crippen LogP contribution in [0.5, 0.6) is 0 Å². The van der Waals surface area contributed by atoms with Gasteiger partial charge in [-0.05, 0) is 47.9 Å². The van der Waals surface area contributed by atoms with Crippen molar-refractivity contribution in [2.45, 2.75) is 19.8 Å². The van der Waals surface area contributed by atoms with Crippen molar-refractivity contribution >= 4 is 23.1 Å². The molecule has 1 amide bonds. The van der Waals surface area contributed by atoms with Gasteiger partial charge in [-0.2, -0.15) is 0 Å². The molecule has 3 rings (SSSR count). The van der Waals surface area contributed by atoms with Crippen LogP contribution in [0.4, 0.5) is 21.6 Å². The zero-order valence-corrected chi connectivity index (χ0v) is 14.5. The van der Waals surface area contributed by atoms with E-state index in [1.54, 1.807) is 24.3 Å². The maximum absolute atomic E-state index is 13.6. The molecule has 1 aromatic heterocycles. The van der Waals surface area contributed by atoms with Crippen molar-refractivity contribution in [1.82, 2.24) is 10.2 Å². The molecule has 0 unspecified atom stereocenters. The highest BCUT2D eigenvalue weighted by Gasteiger charge is 2.10. The van der Waals surface area contributed by atoms with E-state index in [0.29, 0.717) is 23.1 Å². The molecule has 0 aliphatic rings. The molecule has 2 N–H and O–H groups in total. The first kappa shape index (κ1) is 17.5. The van der Waals surface area contributed by atoms with Gasteiger partial charge in [0.25, 0.3) is 5.91 Å². The lowest BCUT2D eigenvalue weighted by Gasteiger charge is -2.09. The maximum atomic E-state index is 13.6. The van der Waals surface area contributed by atoms with E-state index < -0.39 is 0 Å². The summed E-state index contributed by atoms with van der Waals surface area (Å²) in [5.74, 6) is 0.0428. The molecule has 0 saturated carbocycles. The highest BCUT2D eigenvalue weighted by Crippen LogP contribution is 2.19. The topological polar surface area (TPSA) is 66.9 Å². The highest BCUT2D eigenvalue weighted by atomic mass is 19.1. The van der Waals surface area contributed by atoms with E-state index in [9.17, 15) is 9.18 Å². The van der Waals surface area contributed by atoms with Crippen molar-refractivity contribution in [1.29, 1.82) is 0 Å². The summed E-state index contributed by atoms with van der Waals surface area (Å²) in [5, 5.41) is 13.4. The predicted molar refractivity (Wildman–Crippen MR) is 100 cm³/mol. The van der Waals surface area contributed by atoms with Gasteiger partial charge in [0.1, 0.15) is 5.82 Å². The molecule has 26 heavy (non-hydrogen) atoms. The molecule has 2 aromatic carbocycles. The third kappa shape index (κ3) is 4.22. The van der Waals surface area contributed by atoms with E-state index in [1.807, 2.05) is 24.3 Å². The number of halogens is 1. The number of rotatable bonds is 5. The van der Waals surface area contributed by atoms with Crippen molar-refractivity contribution in [3.63, 3.8) is 0 Å². The number of para-hydroxylation sites is 1. The fourth-order valence-corrected chi connectivity index (χ4v) is 2.37. The Kier molecular flexibility index (Phi) is 5.22. The van der Waals surface area contributed by atoms with Crippen LogP contribution in [0.3, 0.4) is 0 Å². The Hall–Kier alpha value is -3.28. The second-order valence-electron chi connectivity index (χ2n) is 6.14. The minimum Gasteiger partial charge on any atom is -0.336 e. The maximum Gasteiger partial charge on any atom is 0.276 e. The molecule has 6 heteroatoms. The predicted octanol–water partition coefficient (Wildman–Crippen LogP) is 4.74. The Morgan fingerprint density at radius 1 is 0.962 bits per heavy atom. The van der Waals surface area contributed by atoms with Gasteiger partial charge in [0.2, 0.25) is 0 Å². The molecule has 0 fully saturated rings. The van der Waals surface area contributed by atoms with Gasteiger partial charge in [0.15, 0.2) is 11.5 Å². The quantitative estimate of drug-likeness (QED) is 0.698. The van der Waals surface area contributed by atoms with E-state index in [-0.39, 0.29) is 17.4 Å². The van der Waals surface area contributed by atoms with Gasteiger partial charge in [0.05, 0.1) is 5.69 Å². The van der Waals surface area contributed by atoms with E-state index >= 15 is 0 Å². The van der Waals surface area contributed by atoms with Crippen LogP contribution in [0.25, 0.3) is 0 Å². The molecule has 0 aliphatic heterocycles. The summed E-state index contributed by atoms with van der Waals surface area (Å²) in [5.41, 5.74) is 2.36. The van der Waals surface area contributed by atoms with Crippen LogP contribution in [-0.4, -0.2) is 16.1 Å². The molecule has 5 nitrogen and oxygen atoms in total. The molecule has 3 aromatic rings. The van der Waals surface area contributed by atoms with Crippen molar-refractivity contribution in [3.8, 4) is 0 Å². The summed E-state index contributed by atoms with van der Waals surface area (Å²) in [6.45, 7) is 4.22. The molecule has 0 atom stereocenters. The first-order valence-corrected chi connectivity index (χ1v) is 8.29. The van der Waals surface area contributed by atoms with Crippen LogP contribution >= 0.6 is 0 Å². The summed E-state index contributed by atoms with van der Waals surface area (Å²) >= 11 is 0. The third-order valence-corrected chi connectivity index (χ3v) is 3.87. The Morgan fingerprint density at radius 3 is 2.31 bits per heavy atom. The van der Waals surface area contributed by atoms with Gasteiger partial charge in [-0.25, -0.2) is 4.39 Å². The molecule has 0 bridgehead atoms. The van der Waals surface area contributed by atoms with Crippen LogP contribution in [0.1, 0.15) is 35.8 Å². The van der Waals surface area contributed by atoms with Gasteiger partial charge >= 0.3 is 0 Å². The molecular formula is C20H19FN4O. The number of aromatic nitrogens is 2. The SMILES string of the molecule is CC(C)c1ccc(NC(=O)c2ccc(Nc3ccccc3F)nn2)cc1. The number of anilines is 3. The number of hydrogen-bond acceptors (Lipinski definition) is 4. The summed E-state index contributed by atoms with van der Waals surface area (Å²) < 4.78 is 13.6. The lowest BCUT2D eigenvalue weighted by molar-refractivity contribution is 0.102. The van der Waals surface area contributed by atoms with Crippen molar-refractivity contribution in [3.05, 3.63) is 77.7 Å². The molecule has 0 spiro atoms. The van der Waals surface area contributed by atoms with E-state index in [0.717, 1.165) is 0 Å². The fraction of sp³-hybridized carbons (Fsp3) is 0.150. The van der Waals surface area contributed by atoms with Crippen LogP contribution < -0.4 is 10.6 Å². The minimum absolute atomic E-state index is 0.178. The van der Waals surface area contributed by atoms with Gasteiger partial charge in [-0.15, -0.1) is 10.2 Å². The Bertz CT molecular complexity index is 892. The molecule has 0 radical (unpaired) electrons. The fourth-order valence-electron chi connectivity index (χ4n) is 2.37. The Balaban J connectivity index is 1.66. The monoisotopic (exact) mass is 350 g/mol. The summed E-state index contributed by atoms with van der Waals surface area (Å²) in [4.78, 5) is 12.3. The van der Waals surface area contributed by atoms with Crippen LogP contribution in [-0.2, 0) is 0 Å². The average molecular weight is 350 g/mol. The molecule has 1 heterocycles. The number of carbonyl (C=O) groups excluding carboxylic acids is 1. The second-order valence-corrected chi connectivity index (χ2v) is 6.14. The number of nitrogens with one attached hydrogen (secondary N) is 2. The summed E-state index contributed by atoms with van der Waals surface area (Å²) in [7, 11) is 0. The molecule has 132 valence electrons. The summed E-state index contributed by atoms with van der Waals surface area (Å²) in [6.07, 6.45) is 0. The number of hydrogen-bond donors (Lipinski definition) is 2. The van der Waals surface area contributed by atoms with Crippen LogP contribution in [0.2, 0.25) is 0 Å². The smallest absolute Gasteiger partial charge is 0.276 e. The lowest BCUT2D eigenvalue weighted by atomic mass is 10.0. The molecule has 0 aliphatic carbocycles. The van der Waals surface area contributed by atoms with Gasteiger partial charge in [-0.1, -0.05) is 38.1 Å². The first-order valence-electron chi connectivity index (χ1n) is 8.29. The van der Waals surface area contributed by atoms with Crippen LogP contribution in [0, 0.1) is 5.82 Å². The van der Waals surface area contributed by atoms with Gasteiger partial charge in [-0.3, -0.25) is 4.79 Å². The Labute approximate surface area is 151 Å². The third-order valence-electron chi connectivity index (χ3n) is 3.87. The largest absolute Gasteiger partial charge is 0.336 e. The number of benzene rings is 2. The van der Waals surface area contributed by atoms with E-state index in [4.69, 9.17) is 0 Å². The average Bonchev–Trinajstić information content (AvgIpc) is 2.64. The zero-order chi connectivity index (χ0) is 18.5. The van der Waals surface area contributed by atoms with Gasteiger partial charge < -0.3 is 10.6 Å². The zero-order valence-electron chi connectivity index (χ0n) is 14.5. The van der Waals surface area contributed by atoms with Crippen molar-refractivity contribution in [2.75, 3.05) is 10.6 Å². The van der Waals surface area contributed by atoms with E-state index in [2.05, 4.69) is 34.7 Å². The summed E-state index contributed by atoms with van der Waals surface area (Å²) in [6, 6.07) is 17.0.